The topological polar surface area (TPSA) is 87.8 Å². The van der Waals surface area contributed by atoms with Crippen LogP contribution in [0.4, 0.5) is 23.7 Å². The second-order valence-corrected chi connectivity index (χ2v) is 7.61. The largest absolute Gasteiger partial charge is 0.416 e. The van der Waals surface area contributed by atoms with E-state index in [-0.39, 0.29) is 31.2 Å². The molecule has 2 aromatic carbocycles. The molecule has 0 aromatic heterocycles. The first-order valence-corrected chi connectivity index (χ1v) is 10.0. The van der Waals surface area contributed by atoms with Crippen LogP contribution in [0, 0.1) is 5.92 Å². The Hall–Kier alpha value is -2.78. The number of aliphatic hydroxyl groups is 1. The van der Waals surface area contributed by atoms with Crippen molar-refractivity contribution in [2.75, 3.05) is 38.6 Å². The molecule has 1 fully saturated rings. The number of hydrogen-bond donors (Lipinski definition) is 3. The van der Waals surface area contributed by atoms with Gasteiger partial charge in [0.1, 0.15) is 6.10 Å². The van der Waals surface area contributed by atoms with Gasteiger partial charge in [-0.1, -0.05) is 24.3 Å². The van der Waals surface area contributed by atoms with Crippen LogP contribution in [0.3, 0.4) is 0 Å². The van der Waals surface area contributed by atoms with Crippen LogP contribution in [0.2, 0.25) is 0 Å². The summed E-state index contributed by atoms with van der Waals surface area (Å²) in [6.07, 6.45) is -4.28. The summed E-state index contributed by atoms with van der Waals surface area (Å²) in [5.41, 5.74) is 7.24. The summed E-state index contributed by atoms with van der Waals surface area (Å²) in [7, 11) is 0. The van der Waals surface area contributed by atoms with E-state index >= 15 is 0 Å². The maximum atomic E-state index is 12.7. The standard InChI is InChI=1S/C22H26F3N3O3/c23-22(24,25)18-5-1-15(2-6-18)11-16(14-29)12-27-21(30)28-9-10-31-20(13-28)17-3-7-19(26)8-4-17/h1-8,16,20,29H,9-14,26H2,(H,27,30). The number of nitrogen functional groups attached to an aromatic ring is 1. The van der Waals surface area contributed by atoms with E-state index in [0.29, 0.717) is 37.4 Å². The van der Waals surface area contributed by atoms with Gasteiger partial charge >= 0.3 is 12.2 Å². The van der Waals surface area contributed by atoms with Gasteiger partial charge in [0, 0.05) is 31.3 Å². The molecule has 0 radical (unpaired) electrons. The summed E-state index contributed by atoms with van der Waals surface area (Å²) >= 11 is 0. The van der Waals surface area contributed by atoms with Crippen molar-refractivity contribution in [1.29, 1.82) is 0 Å². The molecule has 6 nitrogen and oxygen atoms in total. The van der Waals surface area contributed by atoms with E-state index in [9.17, 15) is 23.1 Å². The first-order chi connectivity index (χ1) is 14.8. The third kappa shape index (κ3) is 6.35. The van der Waals surface area contributed by atoms with E-state index < -0.39 is 11.7 Å². The molecule has 0 aliphatic carbocycles. The second kappa shape index (κ2) is 10.0. The highest BCUT2D eigenvalue weighted by Crippen LogP contribution is 2.29. The summed E-state index contributed by atoms with van der Waals surface area (Å²) in [4.78, 5) is 14.2. The van der Waals surface area contributed by atoms with Gasteiger partial charge < -0.3 is 25.8 Å². The zero-order chi connectivity index (χ0) is 22.4. The minimum Gasteiger partial charge on any atom is -0.399 e. The van der Waals surface area contributed by atoms with Crippen LogP contribution in [-0.4, -0.2) is 48.9 Å². The monoisotopic (exact) mass is 437 g/mol. The highest BCUT2D eigenvalue weighted by atomic mass is 19.4. The molecule has 3 rings (SSSR count). The number of amides is 2. The lowest BCUT2D eigenvalue weighted by molar-refractivity contribution is -0.137. The minimum atomic E-state index is -4.38. The van der Waals surface area contributed by atoms with Gasteiger partial charge in [-0.2, -0.15) is 13.2 Å². The lowest BCUT2D eigenvalue weighted by Gasteiger charge is -2.33. The van der Waals surface area contributed by atoms with Gasteiger partial charge in [0.15, 0.2) is 0 Å². The summed E-state index contributed by atoms with van der Waals surface area (Å²) < 4.78 is 43.8. The fourth-order valence-corrected chi connectivity index (χ4v) is 3.45. The number of rotatable bonds is 6. The number of anilines is 1. The number of nitrogens with two attached hydrogens (primary N) is 1. The Kier molecular flexibility index (Phi) is 7.40. The van der Waals surface area contributed by atoms with E-state index in [4.69, 9.17) is 10.5 Å². The van der Waals surface area contributed by atoms with Crippen molar-refractivity contribution in [3.8, 4) is 0 Å². The van der Waals surface area contributed by atoms with E-state index in [0.717, 1.165) is 17.7 Å². The van der Waals surface area contributed by atoms with Gasteiger partial charge in [0.2, 0.25) is 0 Å². The molecule has 1 heterocycles. The highest BCUT2D eigenvalue weighted by molar-refractivity contribution is 5.74. The molecular formula is C22H26F3N3O3. The van der Waals surface area contributed by atoms with Gasteiger partial charge in [-0.3, -0.25) is 0 Å². The summed E-state index contributed by atoms with van der Waals surface area (Å²) in [5, 5.41) is 12.4. The van der Waals surface area contributed by atoms with E-state index in [1.807, 2.05) is 12.1 Å². The molecule has 4 N–H and O–H groups in total. The SMILES string of the molecule is Nc1ccc(C2CN(C(=O)NCC(CO)Cc3ccc(C(F)(F)F)cc3)CCO2)cc1. The average Bonchev–Trinajstić information content (AvgIpc) is 2.76. The summed E-state index contributed by atoms with van der Waals surface area (Å²) in [6.45, 7) is 1.24. The predicted molar refractivity (Wildman–Crippen MR) is 110 cm³/mol. The second-order valence-electron chi connectivity index (χ2n) is 7.61. The molecule has 1 aliphatic heterocycles. The van der Waals surface area contributed by atoms with Crippen LogP contribution in [0.5, 0.6) is 0 Å². The van der Waals surface area contributed by atoms with Crippen molar-refractivity contribution in [2.24, 2.45) is 5.92 Å². The Bertz CT molecular complexity index is 857. The Morgan fingerprint density at radius 3 is 2.48 bits per heavy atom. The maximum Gasteiger partial charge on any atom is 0.416 e. The van der Waals surface area contributed by atoms with Gasteiger partial charge in [-0.05, 0) is 41.8 Å². The number of nitrogens with zero attached hydrogens (tertiary/aromatic N) is 1. The van der Waals surface area contributed by atoms with E-state index in [1.165, 1.54) is 12.1 Å². The highest BCUT2D eigenvalue weighted by Gasteiger charge is 2.30. The smallest absolute Gasteiger partial charge is 0.399 e. The zero-order valence-corrected chi connectivity index (χ0v) is 16.9. The number of carbonyl (C=O) groups excluding carboxylic acids is 1. The number of nitrogens with one attached hydrogen (secondary N) is 1. The molecule has 0 saturated carbocycles. The number of hydrogen-bond acceptors (Lipinski definition) is 4. The van der Waals surface area contributed by atoms with Crippen LogP contribution in [0.15, 0.2) is 48.5 Å². The number of urea groups is 1. The van der Waals surface area contributed by atoms with Crippen molar-refractivity contribution in [3.05, 3.63) is 65.2 Å². The van der Waals surface area contributed by atoms with Gasteiger partial charge in [-0.15, -0.1) is 0 Å². The molecule has 31 heavy (non-hydrogen) atoms. The number of ether oxygens (including phenoxy) is 1. The third-order valence-corrected chi connectivity index (χ3v) is 5.27. The van der Waals surface area contributed by atoms with Crippen LogP contribution in [0.25, 0.3) is 0 Å². The third-order valence-electron chi connectivity index (χ3n) is 5.27. The van der Waals surface area contributed by atoms with Crippen LogP contribution in [-0.2, 0) is 17.3 Å². The van der Waals surface area contributed by atoms with E-state index in [1.54, 1.807) is 17.0 Å². The number of aliphatic hydroxyl groups excluding tert-OH is 1. The van der Waals surface area contributed by atoms with Crippen molar-refractivity contribution in [2.45, 2.75) is 18.7 Å². The average molecular weight is 437 g/mol. The molecule has 168 valence electrons. The lowest BCUT2D eigenvalue weighted by atomic mass is 9.99. The van der Waals surface area contributed by atoms with Gasteiger partial charge in [-0.25, -0.2) is 4.79 Å². The molecule has 2 unspecified atom stereocenters. The molecule has 0 spiro atoms. The molecule has 2 atom stereocenters. The lowest BCUT2D eigenvalue weighted by Crippen LogP contribution is -2.48. The quantitative estimate of drug-likeness (QED) is 0.606. The molecule has 9 heteroatoms. The first-order valence-electron chi connectivity index (χ1n) is 10.0. The molecule has 2 amide bonds. The van der Waals surface area contributed by atoms with Crippen molar-refractivity contribution < 1.29 is 27.8 Å². The number of morpholine rings is 1. The fourth-order valence-electron chi connectivity index (χ4n) is 3.45. The number of benzene rings is 2. The Labute approximate surface area is 178 Å². The normalized spacial score (nSPS) is 17.9. The number of halogens is 3. The number of alkyl halides is 3. The Morgan fingerprint density at radius 1 is 1.19 bits per heavy atom. The van der Waals surface area contributed by atoms with E-state index in [2.05, 4.69) is 5.32 Å². The molecule has 1 saturated heterocycles. The fraction of sp³-hybridized carbons (Fsp3) is 0.409. The first kappa shape index (κ1) is 22.9. The van der Waals surface area contributed by atoms with Gasteiger partial charge in [0.05, 0.1) is 18.7 Å². The van der Waals surface area contributed by atoms with Crippen LogP contribution in [0.1, 0.15) is 22.8 Å². The van der Waals surface area contributed by atoms with Crippen molar-refractivity contribution in [3.63, 3.8) is 0 Å². The Balaban J connectivity index is 1.51. The number of carbonyl (C=O) groups is 1. The van der Waals surface area contributed by atoms with Crippen molar-refractivity contribution >= 4 is 11.7 Å². The summed E-state index contributed by atoms with van der Waals surface area (Å²) in [5.74, 6) is -0.311. The molecule has 2 aromatic rings. The molecular weight excluding hydrogens is 411 g/mol. The minimum absolute atomic E-state index is 0.196. The zero-order valence-electron chi connectivity index (χ0n) is 16.9. The van der Waals surface area contributed by atoms with Crippen LogP contribution < -0.4 is 11.1 Å². The van der Waals surface area contributed by atoms with Gasteiger partial charge in [0.25, 0.3) is 0 Å². The van der Waals surface area contributed by atoms with Crippen molar-refractivity contribution in [1.82, 2.24) is 10.2 Å². The Morgan fingerprint density at radius 2 is 1.87 bits per heavy atom. The molecule has 0 bridgehead atoms. The summed E-state index contributed by atoms with van der Waals surface area (Å²) in [6, 6.07) is 11.9. The van der Waals surface area contributed by atoms with Crippen LogP contribution >= 0.6 is 0 Å². The maximum absolute atomic E-state index is 12.7. The molecule has 1 aliphatic rings. The predicted octanol–water partition coefficient (Wildman–Crippen LogP) is 3.22.